The molecule has 6 nitrogen and oxygen atoms in total. The molecule has 0 spiro atoms. The van der Waals surface area contributed by atoms with Crippen LogP contribution in [0.1, 0.15) is 6.92 Å². The van der Waals surface area contributed by atoms with Gasteiger partial charge in [-0.15, -0.1) is 0 Å². The molecule has 0 bridgehead atoms. The van der Waals surface area contributed by atoms with Crippen molar-refractivity contribution in [3.63, 3.8) is 0 Å². The average molecular weight is 189 g/mol. The van der Waals surface area contributed by atoms with E-state index in [1.165, 1.54) is 0 Å². The van der Waals surface area contributed by atoms with Crippen LogP contribution < -0.4 is 5.32 Å². The Kier molecular flexibility index (Phi) is 3.93. The van der Waals surface area contributed by atoms with E-state index in [0.717, 1.165) is 0 Å². The number of ether oxygens (including phenoxy) is 1. The fourth-order valence-electron chi connectivity index (χ4n) is 0.860. The molecule has 0 saturated carbocycles. The quantitative estimate of drug-likeness (QED) is 0.524. The van der Waals surface area contributed by atoms with Crippen LogP contribution in [-0.2, 0) is 14.3 Å². The lowest BCUT2D eigenvalue weighted by Crippen LogP contribution is -2.18. The van der Waals surface area contributed by atoms with Crippen LogP contribution in [0.4, 0.5) is 0 Å². The van der Waals surface area contributed by atoms with E-state index in [4.69, 9.17) is 5.11 Å². The molecule has 1 aliphatic heterocycles. The van der Waals surface area contributed by atoms with Crippen molar-refractivity contribution in [2.24, 2.45) is 0 Å². The normalized spacial score (nSPS) is 15.0. The average Bonchev–Trinajstić information content (AvgIpc) is 2.34. The van der Waals surface area contributed by atoms with Crippen molar-refractivity contribution in [2.75, 3.05) is 13.2 Å². The molecule has 0 saturated heterocycles. The van der Waals surface area contributed by atoms with Gasteiger partial charge in [0.1, 0.15) is 5.57 Å². The van der Waals surface area contributed by atoms with Crippen LogP contribution in [0.25, 0.3) is 0 Å². The second kappa shape index (κ2) is 4.46. The number of amides is 1. The summed E-state index contributed by atoms with van der Waals surface area (Å²) >= 11 is 0. The summed E-state index contributed by atoms with van der Waals surface area (Å²) < 4.78 is 4.60. The SMILES string of the molecule is CCOC(=O)C1=C(O)C(=O)NC1.O. The lowest BCUT2D eigenvalue weighted by molar-refractivity contribution is -0.138. The van der Waals surface area contributed by atoms with E-state index in [9.17, 15) is 9.59 Å². The zero-order valence-corrected chi connectivity index (χ0v) is 7.09. The zero-order valence-electron chi connectivity index (χ0n) is 7.09. The van der Waals surface area contributed by atoms with E-state index < -0.39 is 17.6 Å². The lowest BCUT2D eigenvalue weighted by atomic mass is 10.3. The van der Waals surface area contributed by atoms with Gasteiger partial charge in [-0.25, -0.2) is 4.79 Å². The molecule has 6 heteroatoms. The van der Waals surface area contributed by atoms with Gasteiger partial charge in [0.2, 0.25) is 0 Å². The first-order valence-corrected chi connectivity index (χ1v) is 3.54. The predicted molar refractivity (Wildman–Crippen MR) is 42.9 cm³/mol. The number of aliphatic hydroxyl groups excluding tert-OH is 1. The molecule has 74 valence electrons. The predicted octanol–water partition coefficient (Wildman–Crippen LogP) is -1.33. The summed E-state index contributed by atoms with van der Waals surface area (Å²) in [6.07, 6.45) is 0. The minimum Gasteiger partial charge on any atom is -0.503 e. The third-order valence-electron chi connectivity index (χ3n) is 1.45. The van der Waals surface area contributed by atoms with Crippen LogP contribution in [0, 0.1) is 0 Å². The molecular formula is C7H11NO5. The Morgan fingerprint density at radius 2 is 2.31 bits per heavy atom. The molecule has 0 aromatic carbocycles. The molecule has 1 aliphatic rings. The third-order valence-corrected chi connectivity index (χ3v) is 1.45. The smallest absolute Gasteiger partial charge is 0.339 e. The molecule has 0 aromatic rings. The molecule has 0 radical (unpaired) electrons. The second-order valence-corrected chi connectivity index (χ2v) is 2.23. The zero-order chi connectivity index (χ0) is 9.14. The maximum absolute atomic E-state index is 11.0. The molecule has 1 rings (SSSR count). The molecule has 0 aliphatic carbocycles. The molecule has 1 heterocycles. The first kappa shape index (κ1) is 11.4. The summed E-state index contributed by atoms with van der Waals surface area (Å²) in [4.78, 5) is 21.6. The summed E-state index contributed by atoms with van der Waals surface area (Å²) in [6, 6.07) is 0. The molecule has 13 heavy (non-hydrogen) atoms. The van der Waals surface area contributed by atoms with Crippen molar-refractivity contribution in [3.8, 4) is 0 Å². The van der Waals surface area contributed by atoms with Gasteiger partial charge >= 0.3 is 5.97 Å². The number of esters is 1. The Bertz CT molecular complexity index is 258. The van der Waals surface area contributed by atoms with Crippen molar-refractivity contribution in [1.29, 1.82) is 0 Å². The van der Waals surface area contributed by atoms with Crippen LogP contribution in [0.5, 0.6) is 0 Å². The van der Waals surface area contributed by atoms with Gasteiger partial charge in [-0.05, 0) is 6.92 Å². The fourth-order valence-corrected chi connectivity index (χ4v) is 0.860. The number of hydrogen-bond donors (Lipinski definition) is 2. The topological polar surface area (TPSA) is 107 Å². The van der Waals surface area contributed by atoms with E-state index in [-0.39, 0.29) is 24.2 Å². The van der Waals surface area contributed by atoms with E-state index in [1.54, 1.807) is 6.92 Å². The monoisotopic (exact) mass is 189 g/mol. The summed E-state index contributed by atoms with van der Waals surface area (Å²) in [5, 5.41) is 11.3. The van der Waals surface area contributed by atoms with Crippen molar-refractivity contribution >= 4 is 11.9 Å². The Balaban J connectivity index is 0.00000144. The van der Waals surface area contributed by atoms with E-state index in [0.29, 0.717) is 0 Å². The Morgan fingerprint density at radius 3 is 2.69 bits per heavy atom. The number of carbonyl (C=O) groups is 2. The van der Waals surface area contributed by atoms with Crippen molar-refractivity contribution in [1.82, 2.24) is 5.32 Å². The molecule has 0 fully saturated rings. The first-order chi connectivity index (χ1) is 5.66. The van der Waals surface area contributed by atoms with Crippen molar-refractivity contribution in [3.05, 3.63) is 11.3 Å². The van der Waals surface area contributed by atoms with Crippen LogP contribution in [-0.4, -0.2) is 35.6 Å². The first-order valence-electron chi connectivity index (χ1n) is 3.54. The molecular weight excluding hydrogens is 178 g/mol. The van der Waals surface area contributed by atoms with Gasteiger partial charge in [0.25, 0.3) is 5.91 Å². The van der Waals surface area contributed by atoms with Gasteiger partial charge in [-0.3, -0.25) is 4.79 Å². The maximum Gasteiger partial charge on any atom is 0.339 e. The van der Waals surface area contributed by atoms with Gasteiger partial charge in [0, 0.05) is 0 Å². The third kappa shape index (κ3) is 2.19. The fraction of sp³-hybridized carbons (Fsp3) is 0.429. The summed E-state index contributed by atoms with van der Waals surface area (Å²) in [5.41, 5.74) is 0.00171. The second-order valence-electron chi connectivity index (χ2n) is 2.23. The summed E-state index contributed by atoms with van der Waals surface area (Å²) in [6.45, 7) is 1.92. The minimum atomic E-state index is -0.645. The van der Waals surface area contributed by atoms with Crippen LogP contribution in [0.3, 0.4) is 0 Å². The van der Waals surface area contributed by atoms with Gasteiger partial charge in [0.05, 0.1) is 13.2 Å². The highest BCUT2D eigenvalue weighted by Crippen LogP contribution is 2.09. The summed E-state index contributed by atoms with van der Waals surface area (Å²) in [5.74, 6) is -1.81. The van der Waals surface area contributed by atoms with E-state index in [2.05, 4.69) is 10.1 Å². The maximum atomic E-state index is 11.0. The molecule has 0 unspecified atom stereocenters. The molecule has 4 N–H and O–H groups in total. The van der Waals surface area contributed by atoms with Gasteiger partial charge in [-0.2, -0.15) is 0 Å². The highest BCUT2D eigenvalue weighted by Gasteiger charge is 2.27. The van der Waals surface area contributed by atoms with Crippen LogP contribution in [0.15, 0.2) is 11.3 Å². The molecule has 0 aromatic heterocycles. The van der Waals surface area contributed by atoms with Crippen LogP contribution >= 0.6 is 0 Å². The number of carbonyl (C=O) groups excluding carboxylic acids is 2. The standard InChI is InChI=1S/C7H9NO4.H2O/c1-2-12-7(11)4-3-8-6(10)5(4)9;/h9H,2-3H2,1H3,(H,8,10);1H2. The van der Waals surface area contributed by atoms with Gasteiger partial charge < -0.3 is 20.6 Å². The number of hydrogen-bond acceptors (Lipinski definition) is 4. The highest BCUT2D eigenvalue weighted by atomic mass is 16.5. The van der Waals surface area contributed by atoms with Crippen molar-refractivity contribution in [2.45, 2.75) is 6.92 Å². The number of rotatable bonds is 2. The largest absolute Gasteiger partial charge is 0.503 e. The Hall–Kier alpha value is -1.56. The minimum absolute atomic E-state index is 0. The number of aliphatic hydroxyl groups is 1. The lowest BCUT2D eigenvalue weighted by Gasteiger charge is -1.99. The highest BCUT2D eigenvalue weighted by molar-refractivity contribution is 6.04. The Labute approximate surface area is 74.5 Å². The van der Waals surface area contributed by atoms with E-state index >= 15 is 0 Å². The molecule has 0 atom stereocenters. The Morgan fingerprint density at radius 1 is 1.69 bits per heavy atom. The summed E-state index contributed by atoms with van der Waals surface area (Å²) in [7, 11) is 0. The van der Waals surface area contributed by atoms with Gasteiger partial charge in [0.15, 0.2) is 5.76 Å². The van der Waals surface area contributed by atoms with Crippen LogP contribution in [0.2, 0.25) is 0 Å². The number of nitrogens with one attached hydrogen (secondary N) is 1. The van der Waals surface area contributed by atoms with Crippen molar-refractivity contribution < 1.29 is 24.9 Å². The molecule has 1 amide bonds. The van der Waals surface area contributed by atoms with Gasteiger partial charge in [-0.1, -0.05) is 0 Å². The van der Waals surface area contributed by atoms with E-state index in [1.807, 2.05) is 0 Å².